The number of carbonyl (C=O) groups is 2. The molecule has 0 unspecified atom stereocenters. The second-order valence-corrected chi connectivity index (χ2v) is 6.03. The van der Waals surface area contributed by atoms with E-state index in [1.807, 2.05) is 36.1 Å². The van der Waals surface area contributed by atoms with Gasteiger partial charge < -0.3 is 14.8 Å². The van der Waals surface area contributed by atoms with Gasteiger partial charge in [-0.3, -0.25) is 9.59 Å². The summed E-state index contributed by atoms with van der Waals surface area (Å²) in [6.07, 6.45) is 0. The maximum absolute atomic E-state index is 12.7. The lowest BCUT2D eigenvalue weighted by atomic mass is 10.1. The number of para-hydroxylation sites is 1. The second-order valence-electron chi connectivity index (χ2n) is 6.03. The van der Waals surface area contributed by atoms with Crippen LogP contribution in [0.4, 0.5) is 0 Å². The molecule has 0 radical (unpaired) electrons. The third-order valence-corrected chi connectivity index (χ3v) is 4.50. The van der Waals surface area contributed by atoms with Crippen molar-refractivity contribution in [2.24, 2.45) is 0 Å². The number of nitrogens with one attached hydrogen (secondary N) is 2. The predicted octanol–water partition coefficient (Wildman–Crippen LogP) is 0.406. The number of aryl methyl sites for hydroxylation is 1. The number of carbonyl (C=O) groups excluding carboxylic acids is 2. The number of aromatic nitrogens is 1. The van der Waals surface area contributed by atoms with Gasteiger partial charge >= 0.3 is 0 Å². The molecule has 2 aromatic rings. The molecule has 1 aromatic heterocycles. The summed E-state index contributed by atoms with van der Waals surface area (Å²) in [5.41, 5.74) is 2.77. The quantitative estimate of drug-likeness (QED) is 0.807. The molecule has 2 N–H and O–H groups in total. The predicted molar refractivity (Wildman–Crippen MR) is 85.2 cm³/mol. The van der Waals surface area contributed by atoms with Crippen LogP contribution in [0.25, 0.3) is 10.9 Å². The van der Waals surface area contributed by atoms with Gasteiger partial charge in [-0.2, -0.15) is 0 Å². The van der Waals surface area contributed by atoms with Crippen LogP contribution >= 0.6 is 0 Å². The summed E-state index contributed by atoms with van der Waals surface area (Å²) in [6.45, 7) is 7.21. The van der Waals surface area contributed by atoms with Crippen LogP contribution in [0.2, 0.25) is 0 Å². The molecule has 0 atom stereocenters. The molecule has 1 aliphatic rings. The van der Waals surface area contributed by atoms with Crippen LogP contribution in [0.3, 0.4) is 0 Å². The van der Waals surface area contributed by atoms with Crippen molar-refractivity contribution in [1.29, 1.82) is 0 Å². The summed E-state index contributed by atoms with van der Waals surface area (Å²) in [4.78, 5) is 30.4. The number of Topliss-reactive ketones (excluding diaryl/α,β-unsaturated/α-hetero) is 1. The number of quaternary nitrogens is 1. The Balaban J connectivity index is 1.72. The zero-order chi connectivity index (χ0) is 15.7. The van der Waals surface area contributed by atoms with Crippen molar-refractivity contribution >= 4 is 22.6 Å². The Labute approximate surface area is 129 Å². The van der Waals surface area contributed by atoms with E-state index in [0.717, 1.165) is 48.3 Å². The van der Waals surface area contributed by atoms with Crippen molar-refractivity contribution < 1.29 is 14.5 Å². The van der Waals surface area contributed by atoms with E-state index in [2.05, 4.69) is 4.98 Å². The Morgan fingerprint density at radius 2 is 1.91 bits per heavy atom. The third kappa shape index (κ3) is 2.76. The molecule has 0 bridgehead atoms. The molecule has 116 valence electrons. The van der Waals surface area contributed by atoms with Crippen LogP contribution in [-0.2, 0) is 4.79 Å². The first-order chi connectivity index (χ1) is 10.6. The topological polar surface area (TPSA) is 57.6 Å². The summed E-state index contributed by atoms with van der Waals surface area (Å²) < 4.78 is 0. The molecule has 0 spiro atoms. The number of rotatable bonds is 3. The number of hydrogen-bond acceptors (Lipinski definition) is 2. The van der Waals surface area contributed by atoms with Crippen LogP contribution in [0, 0.1) is 6.92 Å². The monoisotopic (exact) mass is 300 g/mol. The Bertz CT molecular complexity index is 712. The maximum Gasteiger partial charge on any atom is 0.219 e. The normalized spacial score (nSPS) is 16.2. The molecule has 1 aromatic carbocycles. The number of hydrogen-bond donors (Lipinski definition) is 2. The molecular formula is C17H22N3O2+. The lowest BCUT2D eigenvalue weighted by molar-refractivity contribution is -0.895. The van der Waals surface area contributed by atoms with Gasteiger partial charge in [0.2, 0.25) is 11.7 Å². The van der Waals surface area contributed by atoms with E-state index in [0.29, 0.717) is 6.54 Å². The van der Waals surface area contributed by atoms with E-state index in [1.165, 1.54) is 4.90 Å². The fourth-order valence-electron chi connectivity index (χ4n) is 3.27. The molecule has 1 fully saturated rings. The van der Waals surface area contributed by atoms with Gasteiger partial charge in [-0.15, -0.1) is 0 Å². The minimum Gasteiger partial charge on any atom is -0.358 e. The first kappa shape index (κ1) is 14.8. The largest absolute Gasteiger partial charge is 0.358 e. The van der Waals surface area contributed by atoms with Gasteiger partial charge in [0.25, 0.3) is 0 Å². The van der Waals surface area contributed by atoms with Gasteiger partial charge in [0.15, 0.2) is 0 Å². The fourth-order valence-corrected chi connectivity index (χ4v) is 3.27. The highest BCUT2D eigenvalue weighted by molar-refractivity contribution is 6.09. The molecule has 2 heterocycles. The molecule has 1 amide bonds. The highest BCUT2D eigenvalue weighted by atomic mass is 16.2. The van der Waals surface area contributed by atoms with E-state index < -0.39 is 0 Å². The number of aromatic amines is 1. The SMILES string of the molecule is CC(=O)N1CC[NH+](CC(=O)c2c(C)[nH]c3ccccc23)CC1. The summed E-state index contributed by atoms with van der Waals surface area (Å²) in [5, 5.41) is 1.01. The van der Waals surface area contributed by atoms with Gasteiger partial charge in [-0.05, 0) is 13.0 Å². The third-order valence-electron chi connectivity index (χ3n) is 4.50. The Morgan fingerprint density at radius 3 is 2.59 bits per heavy atom. The van der Waals surface area contributed by atoms with Crippen LogP contribution in [0.1, 0.15) is 23.0 Å². The van der Waals surface area contributed by atoms with E-state index in [4.69, 9.17) is 0 Å². The molecule has 0 saturated carbocycles. The zero-order valence-electron chi connectivity index (χ0n) is 13.1. The standard InChI is InChI=1S/C17H21N3O2/c1-12-17(14-5-3-4-6-15(14)18-12)16(22)11-19-7-9-20(10-8-19)13(2)21/h3-6,18H,7-11H2,1-2H3/p+1. The van der Waals surface area contributed by atoms with Crippen LogP contribution in [0.5, 0.6) is 0 Å². The highest BCUT2D eigenvalue weighted by Crippen LogP contribution is 2.21. The average Bonchev–Trinajstić information content (AvgIpc) is 2.83. The minimum atomic E-state index is 0.123. The van der Waals surface area contributed by atoms with Gasteiger partial charge in [0, 0.05) is 23.5 Å². The van der Waals surface area contributed by atoms with Crippen molar-refractivity contribution in [3.05, 3.63) is 35.5 Å². The maximum atomic E-state index is 12.7. The van der Waals surface area contributed by atoms with Crippen LogP contribution in [0.15, 0.2) is 24.3 Å². The first-order valence-electron chi connectivity index (χ1n) is 7.76. The van der Waals surface area contributed by atoms with Gasteiger partial charge in [0.05, 0.1) is 31.7 Å². The summed E-state index contributed by atoms with van der Waals surface area (Å²) in [6, 6.07) is 7.93. The molecule has 1 saturated heterocycles. The van der Waals surface area contributed by atoms with Gasteiger partial charge in [0.1, 0.15) is 6.54 Å². The summed E-state index contributed by atoms with van der Waals surface area (Å²) >= 11 is 0. The number of fused-ring (bicyclic) bond motifs is 1. The lowest BCUT2D eigenvalue weighted by Gasteiger charge is -2.31. The molecule has 5 heteroatoms. The van der Waals surface area contributed by atoms with E-state index in [-0.39, 0.29) is 11.7 Å². The summed E-state index contributed by atoms with van der Waals surface area (Å²) in [5.74, 6) is 0.305. The number of amides is 1. The van der Waals surface area contributed by atoms with Crippen LogP contribution in [-0.4, -0.2) is 54.3 Å². The molecule has 3 rings (SSSR count). The number of H-pyrrole nitrogens is 1. The van der Waals surface area contributed by atoms with E-state index >= 15 is 0 Å². The molecule has 0 aliphatic carbocycles. The lowest BCUT2D eigenvalue weighted by Crippen LogP contribution is -3.15. The van der Waals surface area contributed by atoms with E-state index in [1.54, 1.807) is 6.92 Å². The number of piperazine rings is 1. The van der Waals surface area contributed by atoms with Gasteiger partial charge in [-0.25, -0.2) is 0 Å². The minimum absolute atomic E-state index is 0.123. The number of ketones is 1. The Hall–Kier alpha value is -2.14. The van der Waals surface area contributed by atoms with Crippen LogP contribution < -0.4 is 4.90 Å². The smallest absolute Gasteiger partial charge is 0.219 e. The molecule has 5 nitrogen and oxygen atoms in total. The average molecular weight is 300 g/mol. The number of benzene rings is 1. The Kier molecular flexibility index (Phi) is 3.98. The van der Waals surface area contributed by atoms with Crippen molar-refractivity contribution in [2.45, 2.75) is 13.8 Å². The zero-order valence-corrected chi connectivity index (χ0v) is 13.1. The number of nitrogens with zero attached hydrogens (tertiary/aromatic N) is 1. The Morgan fingerprint density at radius 1 is 1.23 bits per heavy atom. The molecular weight excluding hydrogens is 278 g/mol. The van der Waals surface area contributed by atoms with Crippen molar-refractivity contribution in [3.63, 3.8) is 0 Å². The van der Waals surface area contributed by atoms with Gasteiger partial charge in [-0.1, -0.05) is 18.2 Å². The van der Waals surface area contributed by atoms with Crippen molar-refractivity contribution in [2.75, 3.05) is 32.7 Å². The first-order valence-corrected chi connectivity index (χ1v) is 7.76. The van der Waals surface area contributed by atoms with E-state index in [9.17, 15) is 9.59 Å². The molecule has 22 heavy (non-hydrogen) atoms. The van der Waals surface area contributed by atoms with Crippen molar-refractivity contribution in [3.8, 4) is 0 Å². The fraction of sp³-hybridized carbons (Fsp3) is 0.412. The summed E-state index contributed by atoms with van der Waals surface area (Å²) in [7, 11) is 0. The second kappa shape index (κ2) is 5.93. The van der Waals surface area contributed by atoms with Crippen molar-refractivity contribution in [1.82, 2.24) is 9.88 Å². The highest BCUT2D eigenvalue weighted by Gasteiger charge is 2.25. The molecule has 1 aliphatic heterocycles.